The molecule has 6 heteroatoms. The van der Waals surface area contributed by atoms with Crippen LogP contribution in [0.15, 0.2) is 84.9 Å². The van der Waals surface area contributed by atoms with Crippen LogP contribution in [-0.2, 0) is 4.79 Å². The minimum atomic E-state index is -1.02. The first kappa shape index (κ1) is 19.8. The van der Waals surface area contributed by atoms with Gasteiger partial charge in [-0.25, -0.2) is 4.79 Å². The van der Waals surface area contributed by atoms with E-state index in [1.807, 2.05) is 12.1 Å². The molecule has 0 aliphatic heterocycles. The number of hydrogen-bond donors (Lipinski definition) is 2. The van der Waals surface area contributed by atoms with Crippen molar-refractivity contribution in [2.75, 3.05) is 7.05 Å². The first-order valence-electron chi connectivity index (χ1n) is 9.02. The Balaban J connectivity index is 1.79. The summed E-state index contributed by atoms with van der Waals surface area (Å²) in [5, 5.41) is 4.57. The smallest absolute Gasteiger partial charge is 0.321 e. The summed E-state index contributed by atoms with van der Waals surface area (Å²) in [6, 6.07) is 23.7. The molecule has 3 rings (SSSR count). The fourth-order valence-corrected chi connectivity index (χ4v) is 2.72. The topological polar surface area (TPSA) is 84.5 Å². The summed E-state index contributed by atoms with van der Waals surface area (Å²) in [5.74, 6) is -0.301. The summed E-state index contributed by atoms with van der Waals surface area (Å²) in [6.45, 7) is 0. The van der Waals surface area contributed by atoms with E-state index >= 15 is 0 Å². The number of hydrogen-bond acceptors (Lipinski definition) is 4. The Morgan fingerprint density at radius 2 is 1.31 bits per heavy atom. The van der Waals surface area contributed by atoms with Gasteiger partial charge in [-0.05, 0) is 24.3 Å². The van der Waals surface area contributed by atoms with Crippen molar-refractivity contribution in [2.24, 2.45) is 0 Å². The van der Waals surface area contributed by atoms with Gasteiger partial charge in [0.15, 0.2) is 5.78 Å². The van der Waals surface area contributed by atoms with Gasteiger partial charge in [0.1, 0.15) is 5.75 Å². The number of ketones is 1. The highest BCUT2D eigenvalue weighted by Crippen LogP contribution is 2.23. The van der Waals surface area contributed by atoms with Crippen molar-refractivity contribution >= 4 is 17.7 Å². The summed E-state index contributed by atoms with van der Waals surface area (Å²) in [7, 11) is 1.42. The van der Waals surface area contributed by atoms with E-state index in [4.69, 9.17) is 4.74 Å². The normalized spacial score (nSPS) is 11.2. The van der Waals surface area contributed by atoms with Gasteiger partial charge >= 0.3 is 6.03 Å². The fourth-order valence-electron chi connectivity index (χ4n) is 2.72. The van der Waals surface area contributed by atoms with Crippen LogP contribution in [0, 0.1) is 0 Å². The molecule has 2 N–H and O–H groups in total. The minimum absolute atomic E-state index is 0.103. The molecule has 3 aromatic carbocycles. The molecule has 0 aliphatic carbocycles. The molecule has 29 heavy (non-hydrogen) atoms. The zero-order valence-corrected chi connectivity index (χ0v) is 15.8. The molecule has 6 nitrogen and oxygen atoms in total. The van der Waals surface area contributed by atoms with Crippen molar-refractivity contribution in [3.8, 4) is 5.75 Å². The first-order chi connectivity index (χ1) is 14.1. The van der Waals surface area contributed by atoms with E-state index in [1.54, 1.807) is 72.8 Å². The van der Waals surface area contributed by atoms with Gasteiger partial charge in [-0.2, -0.15) is 0 Å². The predicted octanol–water partition coefficient (Wildman–Crippen LogP) is 3.49. The van der Waals surface area contributed by atoms with Crippen LogP contribution < -0.4 is 15.4 Å². The van der Waals surface area contributed by atoms with Gasteiger partial charge in [0.2, 0.25) is 6.10 Å². The standard InChI is InChI=1S/C23H20N2O4/c1-24-23(28)25-22(27)21(18-10-6-3-7-11-18)29-19-14-12-17(13-15-19)20(26)16-8-4-2-5-9-16/h2-15,21H,1H3,(H2,24,25,27,28)/t21-/m1/s1. The second-order valence-corrected chi connectivity index (χ2v) is 6.20. The van der Waals surface area contributed by atoms with Crippen LogP contribution in [0.25, 0.3) is 0 Å². The zero-order chi connectivity index (χ0) is 20.6. The summed E-state index contributed by atoms with van der Waals surface area (Å²) in [5.41, 5.74) is 1.70. The number of benzene rings is 3. The lowest BCUT2D eigenvalue weighted by atomic mass is 10.0. The van der Waals surface area contributed by atoms with Crippen molar-refractivity contribution in [1.29, 1.82) is 0 Å². The maximum absolute atomic E-state index is 12.5. The Labute approximate surface area is 168 Å². The van der Waals surface area contributed by atoms with Crippen molar-refractivity contribution in [2.45, 2.75) is 6.10 Å². The Hall–Kier alpha value is -3.93. The number of amides is 3. The van der Waals surface area contributed by atoms with Gasteiger partial charge in [-0.15, -0.1) is 0 Å². The van der Waals surface area contributed by atoms with Gasteiger partial charge in [0, 0.05) is 23.7 Å². The highest BCUT2D eigenvalue weighted by molar-refractivity contribution is 6.09. The molecule has 3 aromatic rings. The molecule has 0 spiro atoms. The molecule has 146 valence electrons. The number of rotatable bonds is 6. The predicted molar refractivity (Wildman–Crippen MR) is 109 cm³/mol. The Morgan fingerprint density at radius 3 is 1.90 bits per heavy atom. The highest BCUT2D eigenvalue weighted by Gasteiger charge is 2.24. The van der Waals surface area contributed by atoms with Crippen molar-refractivity contribution in [3.63, 3.8) is 0 Å². The molecule has 0 fully saturated rings. The first-order valence-corrected chi connectivity index (χ1v) is 9.02. The van der Waals surface area contributed by atoms with Gasteiger partial charge in [0.05, 0.1) is 0 Å². The Kier molecular flexibility index (Phi) is 6.37. The monoisotopic (exact) mass is 388 g/mol. The third kappa shape index (κ3) is 5.07. The Morgan fingerprint density at radius 1 is 0.759 bits per heavy atom. The molecule has 3 amide bonds. The van der Waals surface area contributed by atoms with E-state index in [9.17, 15) is 14.4 Å². The zero-order valence-electron chi connectivity index (χ0n) is 15.8. The molecule has 0 bridgehead atoms. The molecule has 0 radical (unpaired) electrons. The van der Waals surface area contributed by atoms with Crippen LogP contribution >= 0.6 is 0 Å². The molecule has 0 unspecified atom stereocenters. The SMILES string of the molecule is CNC(=O)NC(=O)[C@H](Oc1ccc(C(=O)c2ccccc2)cc1)c1ccccc1. The number of carbonyl (C=O) groups excluding carboxylic acids is 3. The highest BCUT2D eigenvalue weighted by atomic mass is 16.5. The third-order valence-corrected chi connectivity index (χ3v) is 4.21. The lowest BCUT2D eigenvalue weighted by Crippen LogP contribution is -2.41. The fraction of sp³-hybridized carbons (Fsp3) is 0.0870. The summed E-state index contributed by atoms with van der Waals surface area (Å²) in [6.07, 6.45) is -1.02. The molecule has 1 atom stereocenters. The van der Waals surface area contributed by atoms with Crippen molar-refractivity contribution in [3.05, 3.63) is 102 Å². The van der Waals surface area contributed by atoms with Crippen LogP contribution in [0.5, 0.6) is 5.75 Å². The lowest BCUT2D eigenvalue weighted by Gasteiger charge is -2.19. The maximum atomic E-state index is 12.5. The minimum Gasteiger partial charge on any atom is -0.476 e. The van der Waals surface area contributed by atoms with Crippen LogP contribution in [0.4, 0.5) is 4.79 Å². The molecular formula is C23H20N2O4. The largest absolute Gasteiger partial charge is 0.476 e. The van der Waals surface area contributed by atoms with Gasteiger partial charge < -0.3 is 10.1 Å². The van der Waals surface area contributed by atoms with Crippen molar-refractivity contribution < 1.29 is 19.1 Å². The molecule has 0 saturated carbocycles. The van der Waals surface area contributed by atoms with Gasteiger partial charge in [-0.1, -0.05) is 60.7 Å². The molecular weight excluding hydrogens is 368 g/mol. The maximum Gasteiger partial charge on any atom is 0.321 e. The van der Waals surface area contributed by atoms with Crippen LogP contribution in [-0.4, -0.2) is 24.8 Å². The average Bonchev–Trinajstić information content (AvgIpc) is 2.78. The molecule has 0 aliphatic rings. The average molecular weight is 388 g/mol. The Bertz CT molecular complexity index is 986. The number of carbonyl (C=O) groups is 3. The number of ether oxygens (including phenoxy) is 1. The van der Waals surface area contributed by atoms with E-state index in [0.29, 0.717) is 22.4 Å². The summed E-state index contributed by atoms with van der Waals surface area (Å²) < 4.78 is 5.84. The molecule has 0 heterocycles. The second kappa shape index (κ2) is 9.32. The molecule has 0 aromatic heterocycles. The third-order valence-electron chi connectivity index (χ3n) is 4.21. The second-order valence-electron chi connectivity index (χ2n) is 6.20. The van der Waals surface area contributed by atoms with E-state index in [2.05, 4.69) is 10.6 Å². The quantitative estimate of drug-likeness (QED) is 0.633. The van der Waals surface area contributed by atoms with Crippen LogP contribution in [0.2, 0.25) is 0 Å². The van der Waals surface area contributed by atoms with Crippen molar-refractivity contribution in [1.82, 2.24) is 10.6 Å². The summed E-state index contributed by atoms with van der Waals surface area (Å²) >= 11 is 0. The lowest BCUT2D eigenvalue weighted by molar-refractivity contribution is -0.127. The van der Waals surface area contributed by atoms with E-state index in [1.165, 1.54) is 7.05 Å². The number of nitrogens with one attached hydrogen (secondary N) is 2. The summed E-state index contributed by atoms with van der Waals surface area (Å²) in [4.78, 5) is 36.6. The van der Waals surface area contributed by atoms with Crippen LogP contribution in [0.3, 0.4) is 0 Å². The molecule has 0 saturated heterocycles. The number of imide groups is 1. The van der Waals surface area contributed by atoms with E-state index in [-0.39, 0.29) is 5.78 Å². The van der Waals surface area contributed by atoms with E-state index < -0.39 is 18.0 Å². The van der Waals surface area contributed by atoms with Crippen LogP contribution in [0.1, 0.15) is 27.6 Å². The van der Waals surface area contributed by atoms with Gasteiger partial charge in [-0.3, -0.25) is 14.9 Å². The van der Waals surface area contributed by atoms with Gasteiger partial charge in [0.25, 0.3) is 5.91 Å². The number of urea groups is 1. The van der Waals surface area contributed by atoms with E-state index in [0.717, 1.165) is 0 Å².